The van der Waals surface area contributed by atoms with Crippen molar-refractivity contribution in [3.8, 4) is 0 Å². The van der Waals surface area contributed by atoms with E-state index in [-0.39, 0.29) is 5.63 Å². The van der Waals surface area contributed by atoms with E-state index in [4.69, 9.17) is 4.42 Å². The molecule has 0 radical (unpaired) electrons. The quantitative estimate of drug-likeness (QED) is 0.725. The van der Waals surface area contributed by atoms with Crippen LogP contribution < -0.4 is 10.9 Å². The SMILES string of the molecule is CCc1ccc(Nc2cc(=O)oc3ccccc23)cc1. The summed E-state index contributed by atoms with van der Waals surface area (Å²) in [6.45, 7) is 2.12. The zero-order chi connectivity index (χ0) is 13.9. The Hall–Kier alpha value is -2.55. The van der Waals surface area contributed by atoms with Crippen LogP contribution in [0.2, 0.25) is 0 Å². The summed E-state index contributed by atoms with van der Waals surface area (Å²) in [5.41, 5.74) is 3.25. The fourth-order valence-electron chi connectivity index (χ4n) is 2.19. The van der Waals surface area contributed by atoms with Crippen LogP contribution in [0.15, 0.2) is 63.8 Å². The third-order valence-electron chi connectivity index (χ3n) is 3.29. The van der Waals surface area contributed by atoms with Gasteiger partial charge < -0.3 is 9.73 Å². The van der Waals surface area contributed by atoms with E-state index in [1.807, 2.05) is 30.3 Å². The first-order valence-corrected chi connectivity index (χ1v) is 6.65. The third kappa shape index (κ3) is 2.43. The van der Waals surface area contributed by atoms with E-state index in [2.05, 4.69) is 24.4 Å². The lowest BCUT2D eigenvalue weighted by Crippen LogP contribution is -2.01. The van der Waals surface area contributed by atoms with Gasteiger partial charge in [-0.3, -0.25) is 0 Å². The second-order valence-electron chi connectivity index (χ2n) is 4.65. The van der Waals surface area contributed by atoms with Crippen molar-refractivity contribution < 1.29 is 4.42 Å². The fourth-order valence-corrected chi connectivity index (χ4v) is 2.19. The number of nitrogens with one attached hydrogen (secondary N) is 1. The molecule has 1 aromatic heterocycles. The topological polar surface area (TPSA) is 42.2 Å². The van der Waals surface area contributed by atoms with Crippen molar-refractivity contribution in [3.63, 3.8) is 0 Å². The van der Waals surface area contributed by atoms with Crippen LogP contribution in [-0.4, -0.2) is 0 Å². The van der Waals surface area contributed by atoms with Crippen molar-refractivity contribution >= 4 is 22.3 Å². The van der Waals surface area contributed by atoms with E-state index in [1.165, 1.54) is 11.6 Å². The number of para-hydroxylation sites is 1. The van der Waals surface area contributed by atoms with Gasteiger partial charge in [0.15, 0.2) is 0 Å². The van der Waals surface area contributed by atoms with Crippen LogP contribution in [0.4, 0.5) is 11.4 Å². The smallest absolute Gasteiger partial charge is 0.338 e. The average molecular weight is 265 g/mol. The van der Waals surface area contributed by atoms with Crippen LogP contribution in [0.5, 0.6) is 0 Å². The zero-order valence-electron chi connectivity index (χ0n) is 11.2. The van der Waals surface area contributed by atoms with E-state index < -0.39 is 0 Å². The average Bonchev–Trinajstić information content (AvgIpc) is 2.48. The summed E-state index contributed by atoms with van der Waals surface area (Å²) in [5, 5.41) is 4.17. The first kappa shape index (κ1) is 12.5. The monoisotopic (exact) mass is 265 g/mol. The molecule has 1 N–H and O–H groups in total. The number of anilines is 2. The highest BCUT2D eigenvalue weighted by atomic mass is 16.4. The fraction of sp³-hybridized carbons (Fsp3) is 0.118. The molecular weight excluding hydrogens is 250 g/mol. The van der Waals surface area contributed by atoms with E-state index >= 15 is 0 Å². The lowest BCUT2D eigenvalue weighted by atomic mass is 10.1. The third-order valence-corrected chi connectivity index (χ3v) is 3.29. The summed E-state index contributed by atoms with van der Waals surface area (Å²) in [4.78, 5) is 11.6. The number of hydrogen-bond acceptors (Lipinski definition) is 3. The molecule has 3 rings (SSSR count). The van der Waals surface area contributed by atoms with Crippen LogP contribution in [0.1, 0.15) is 12.5 Å². The minimum Gasteiger partial charge on any atom is -0.423 e. The molecule has 0 spiro atoms. The van der Waals surface area contributed by atoms with E-state index in [0.717, 1.165) is 23.2 Å². The summed E-state index contributed by atoms with van der Waals surface area (Å²) in [5.74, 6) is 0. The van der Waals surface area contributed by atoms with E-state index in [9.17, 15) is 4.79 Å². The first-order chi connectivity index (χ1) is 9.76. The minimum atomic E-state index is -0.351. The lowest BCUT2D eigenvalue weighted by molar-refractivity contribution is 0.561. The molecule has 0 saturated heterocycles. The number of aryl methyl sites for hydroxylation is 1. The number of fused-ring (bicyclic) bond motifs is 1. The maximum atomic E-state index is 11.6. The van der Waals surface area contributed by atoms with Crippen LogP contribution >= 0.6 is 0 Å². The van der Waals surface area contributed by atoms with Crippen molar-refractivity contribution in [3.05, 3.63) is 70.6 Å². The Morgan fingerprint density at radius 2 is 1.80 bits per heavy atom. The molecule has 0 aliphatic carbocycles. The van der Waals surface area contributed by atoms with Crippen molar-refractivity contribution in [1.82, 2.24) is 0 Å². The highest BCUT2D eigenvalue weighted by Crippen LogP contribution is 2.24. The maximum Gasteiger partial charge on any atom is 0.338 e. The molecule has 0 bridgehead atoms. The molecule has 3 aromatic rings. The van der Waals surface area contributed by atoms with Gasteiger partial charge in [-0.1, -0.05) is 31.2 Å². The summed E-state index contributed by atoms with van der Waals surface area (Å²) in [6, 6.07) is 17.2. The number of benzene rings is 2. The summed E-state index contributed by atoms with van der Waals surface area (Å²) in [6.07, 6.45) is 1.01. The standard InChI is InChI=1S/C17H15NO2/c1-2-12-7-9-13(10-8-12)18-15-11-17(19)20-16-6-4-3-5-14(15)16/h3-11,18H,2H2,1H3. The molecule has 0 fully saturated rings. The second kappa shape index (κ2) is 5.21. The normalized spacial score (nSPS) is 10.7. The van der Waals surface area contributed by atoms with Crippen LogP contribution in [0, 0.1) is 0 Å². The first-order valence-electron chi connectivity index (χ1n) is 6.65. The van der Waals surface area contributed by atoms with Crippen molar-refractivity contribution in [1.29, 1.82) is 0 Å². The Labute approximate surface area is 116 Å². The Balaban J connectivity index is 2.03. The molecule has 0 unspecified atom stereocenters. The molecule has 100 valence electrons. The molecule has 0 atom stereocenters. The highest BCUT2D eigenvalue weighted by Gasteiger charge is 2.05. The molecule has 3 heteroatoms. The number of rotatable bonds is 3. The van der Waals surface area contributed by atoms with Gasteiger partial charge in [-0.25, -0.2) is 4.79 Å². The van der Waals surface area contributed by atoms with Gasteiger partial charge in [0.1, 0.15) is 5.58 Å². The van der Waals surface area contributed by atoms with Gasteiger partial charge in [0.25, 0.3) is 0 Å². The highest BCUT2D eigenvalue weighted by molar-refractivity contribution is 5.91. The van der Waals surface area contributed by atoms with Gasteiger partial charge in [-0.05, 0) is 36.2 Å². The van der Waals surface area contributed by atoms with Crippen LogP contribution in [0.25, 0.3) is 11.0 Å². The maximum absolute atomic E-state index is 11.6. The Bertz CT molecular complexity index is 788. The Morgan fingerprint density at radius 3 is 2.55 bits per heavy atom. The predicted octanol–water partition coefficient (Wildman–Crippen LogP) is 4.10. The van der Waals surface area contributed by atoms with E-state index in [1.54, 1.807) is 6.07 Å². The van der Waals surface area contributed by atoms with E-state index in [0.29, 0.717) is 5.58 Å². The number of hydrogen-bond donors (Lipinski definition) is 1. The van der Waals surface area contributed by atoms with Gasteiger partial charge >= 0.3 is 5.63 Å². The van der Waals surface area contributed by atoms with Gasteiger partial charge in [0.05, 0.1) is 5.69 Å². The van der Waals surface area contributed by atoms with Gasteiger partial charge in [-0.2, -0.15) is 0 Å². The molecule has 20 heavy (non-hydrogen) atoms. The minimum absolute atomic E-state index is 0.351. The summed E-state index contributed by atoms with van der Waals surface area (Å²) < 4.78 is 5.18. The predicted molar refractivity (Wildman–Crippen MR) is 81.6 cm³/mol. The summed E-state index contributed by atoms with van der Waals surface area (Å²) >= 11 is 0. The molecule has 3 nitrogen and oxygen atoms in total. The molecule has 0 amide bonds. The van der Waals surface area contributed by atoms with Crippen molar-refractivity contribution in [2.45, 2.75) is 13.3 Å². The zero-order valence-corrected chi connectivity index (χ0v) is 11.2. The molecule has 0 saturated carbocycles. The lowest BCUT2D eigenvalue weighted by Gasteiger charge is -2.09. The van der Waals surface area contributed by atoms with Crippen molar-refractivity contribution in [2.75, 3.05) is 5.32 Å². The Morgan fingerprint density at radius 1 is 1.05 bits per heavy atom. The van der Waals surface area contributed by atoms with Gasteiger partial charge in [0.2, 0.25) is 0 Å². The van der Waals surface area contributed by atoms with Crippen LogP contribution in [-0.2, 0) is 6.42 Å². The second-order valence-corrected chi connectivity index (χ2v) is 4.65. The molecular formula is C17H15NO2. The molecule has 1 heterocycles. The van der Waals surface area contributed by atoms with Crippen LogP contribution in [0.3, 0.4) is 0 Å². The molecule has 0 aliphatic heterocycles. The largest absolute Gasteiger partial charge is 0.423 e. The van der Waals surface area contributed by atoms with Gasteiger partial charge in [0, 0.05) is 17.1 Å². The van der Waals surface area contributed by atoms with Gasteiger partial charge in [-0.15, -0.1) is 0 Å². The van der Waals surface area contributed by atoms with Crippen molar-refractivity contribution in [2.24, 2.45) is 0 Å². The molecule has 0 aliphatic rings. The molecule has 2 aromatic carbocycles. The Kier molecular flexibility index (Phi) is 3.25. The summed E-state index contributed by atoms with van der Waals surface area (Å²) in [7, 11) is 0.